The monoisotopic (exact) mass is 330 g/mol. The Bertz CT molecular complexity index is 883. The van der Waals surface area contributed by atoms with E-state index in [0.29, 0.717) is 5.56 Å². The van der Waals surface area contributed by atoms with Crippen LogP contribution in [0.15, 0.2) is 66.7 Å². The Morgan fingerprint density at radius 1 is 0.875 bits per heavy atom. The van der Waals surface area contributed by atoms with Crippen molar-refractivity contribution in [1.29, 1.82) is 0 Å². The van der Waals surface area contributed by atoms with Crippen LogP contribution in [0.4, 0.5) is 13.2 Å². The fraction of sp³-hybridized carbons (Fsp3) is 0.105. The lowest BCUT2D eigenvalue weighted by Gasteiger charge is -2.12. The van der Waals surface area contributed by atoms with Crippen LogP contribution in [-0.2, 0) is 6.18 Å². The van der Waals surface area contributed by atoms with Gasteiger partial charge in [0.2, 0.25) is 0 Å². The number of Topliss-reactive ketones (excluding diaryl/α,β-unsaturated/α-hetero) is 1. The van der Waals surface area contributed by atoms with Crippen molar-refractivity contribution in [3.8, 4) is 0 Å². The van der Waals surface area contributed by atoms with E-state index in [2.05, 4.69) is 0 Å². The minimum absolute atomic E-state index is 0.0312. The Morgan fingerprint density at radius 2 is 1.50 bits per heavy atom. The van der Waals surface area contributed by atoms with Gasteiger partial charge in [0.1, 0.15) is 6.10 Å². The summed E-state index contributed by atoms with van der Waals surface area (Å²) < 4.78 is 37.7. The molecule has 0 aromatic heterocycles. The van der Waals surface area contributed by atoms with E-state index in [1.807, 2.05) is 24.3 Å². The van der Waals surface area contributed by atoms with Gasteiger partial charge in [-0.15, -0.1) is 0 Å². The van der Waals surface area contributed by atoms with Crippen molar-refractivity contribution in [3.63, 3.8) is 0 Å². The normalized spacial score (nSPS) is 13.0. The van der Waals surface area contributed by atoms with Crippen LogP contribution >= 0.6 is 0 Å². The zero-order chi connectivity index (χ0) is 17.3. The fourth-order valence-corrected chi connectivity index (χ4v) is 2.51. The average Bonchev–Trinajstić information content (AvgIpc) is 2.59. The highest BCUT2D eigenvalue weighted by molar-refractivity contribution is 6.00. The minimum atomic E-state index is -4.46. The summed E-state index contributed by atoms with van der Waals surface area (Å²) in [7, 11) is 0. The minimum Gasteiger partial charge on any atom is -0.380 e. The summed E-state index contributed by atoms with van der Waals surface area (Å²) in [6, 6.07) is 16.4. The van der Waals surface area contributed by atoms with Gasteiger partial charge in [-0.05, 0) is 34.5 Å². The molecule has 122 valence electrons. The van der Waals surface area contributed by atoms with E-state index in [9.17, 15) is 23.1 Å². The van der Waals surface area contributed by atoms with Crippen molar-refractivity contribution in [2.75, 3.05) is 0 Å². The molecule has 0 fully saturated rings. The summed E-state index contributed by atoms with van der Waals surface area (Å²) in [6.07, 6.45) is -5.88. The van der Waals surface area contributed by atoms with E-state index in [1.165, 1.54) is 0 Å². The number of ketones is 1. The van der Waals surface area contributed by atoms with Gasteiger partial charge < -0.3 is 5.11 Å². The zero-order valence-electron chi connectivity index (χ0n) is 12.4. The molecule has 3 rings (SSSR count). The first kappa shape index (κ1) is 16.2. The molecule has 3 aromatic rings. The predicted molar refractivity (Wildman–Crippen MR) is 84.7 cm³/mol. The highest BCUT2D eigenvalue weighted by Gasteiger charge is 2.30. The van der Waals surface area contributed by atoms with Gasteiger partial charge in [-0.3, -0.25) is 4.79 Å². The Kier molecular flexibility index (Phi) is 4.11. The second-order valence-electron chi connectivity index (χ2n) is 5.45. The molecule has 24 heavy (non-hydrogen) atoms. The van der Waals surface area contributed by atoms with E-state index in [-0.39, 0.29) is 5.56 Å². The second kappa shape index (κ2) is 6.09. The smallest absolute Gasteiger partial charge is 0.380 e. The van der Waals surface area contributed by atoms with Crippen LogP contribution in [0, 0.1) is 0 Å². The van der Waals surface area contributed by atoms with Crippen molar-refractivity contribution in [2.45, 2.75) is 12.3 Å². The van der Waals surface area contributed by atoms with Crippen molar-refractivity contribution in [1.82, 2.24) is 0 Å². The maximum Gasteiger partial charge on any atom is 0.416 e. The van der Waals surface area contributed by atoms with Gasteiger partial charge in [0.15, 0.2) is 5.78 Å². The number of aliphatic hydroxyl groups excluding tert-OH is 1. The molecule has 1 unspecified atom stereocenters. The Hall–Kier alpha value is -2.66. The highest BCUT2D eigenvalue weighted by Crippen LogP contribution is 2.30. The third kappa shape index (κ3) is 3.16. The summed E-state index contributed by atoms with van der Waals surface area (Å²) >= 11 is 0. The Morgan fingerprint density at radius 3 is 2.12 bits per heavy atom. The van der Waals surface area contributed by atoms with Crippen molar-refractivity contribution >= 4 is 16.6 Å². The molecular formula is C19H13F3O2. The van der Waals surface area contributed by atoms with Gasteiger partial charge in [0.05, 0.1) is 5.56 Å². The molecule has 0 amide bonds. The molecule has 0 heterocycles. The fourth-order valence-electron chi connectivity index (χ4n) is 2.51. The molecule has 5 heteroatoms. The number of carbonyl (C=O) groups excluding carboxylic acids is 1. The molecule has 1 atom stereocenters. The molecule has 0 saturated heterocycles. The largest absolute Gasteiger partial charge is 0.416 e. The van der Waals surface area contributed by atoms with E-state index >= 15 is 0 Å². The summed E-state index contributed by atoms with van der Waals surface area (Å²) in [6.45, 7) is 0. The molecule has 1 N–H and O–H groups in total. The molecule has 0 aliphatic heterocycles. The molecule has 0 radical (unpaired) electrons. The van der Waals surface area contributed by atoms with E-state index in [1.54, 1.807) is 18.2 Å². The van der Waals surface area contributed by atoms with Crippen molar-refractivity contribution in [3.05, 3.63) is 83.4 Å². The number of fused-ring (bicyclic) bond motifs is 1. The van der Waals surface area contributed by atoms with Crippen LogP contribution in [0.2, 0.25) is 0 Å². The van der Waals surface area contributed by atoms with Crippen LogP contribution in [0.3, 0.4) is 0 Å². The van der Waals surface area contributed by atoms with E-state index in [4.69, 9.17) is 0 Å². The van der Waals surface area contributed by atoms with Gasteiger partial charge in [0, 0.05) is 5.56 Å². The maximum atomic E-state index is 12.6. The number of halogens is 3. The zero-order valence-corrected chi connectivity index (χ0v) is 12.4. The first-order valence-electron chi connectivity index (χ1n) is 7.24. The molecular weight excluding hydrogens is 317 g/mol. The molecule has 0 saturated carbocycles. The van der Waals surface area contributed by atoms with Crippen LogP contribution in [0.25, 0.3) is 10.8 Å². The SMILES string of the molecule is O=C(c1ccc(C(F)(F)F)cc1)C(O)c1ccc2ccccc2c1. The lowest BCUT2D eigenvalue weighted by atomic mass is 9.97. The maximum absolute atomic E-state index is 12.6. The van der Waals surface area contributed by atoms with Crippen LogP contribution < -0.4 is 0 Å². The second-order valence-corrected chi connectivity index (χ2v) is 5.45. The van der Waals surface area contributed by atoms with Gasteiger partial charge >= 0.3 is 6.18 Å². The van der Waals surface area contributed by atoms with Gasteiger partial charge in [-0.2, -0.15) is 13.2 Å². The summed E-state index contributed by atoms with van der Waals surface area (Å²) in [5.74, 6) is -0.640. The molecule has 0 aliphatic rings. The highest BCUT2D eigenvalue weighted by atomic mass is 19.4. The summed E-state index contributed by atoms with van der Waals surface area (Å²) in [4.78, 5) is 12.3. The third-order valence-electron chi connectivity index (χ3n) is 3.83. The molecule has 0 bridgehead atoms. The summed E-state index contributed by atoms with van der Waals surface area (Å²) in [5.41, 5.74) is -0.401. The average molecular weight is 330 g/mol. The van der Waals surface area contributed by atoms with Crippen LogP contribution in [-0.4, -0.2) is 10.9 Å². The lowest BCUT2D eigenvalue weighted by Crippen LogP contribution is -2.13. The number of hydrogen-bond donors (Lipinski definition) is 1. The number of alkyl halides is 3. The number of aliphatic hydroxyl groups is 1. The number of rotatable bonds is 3. The standard InChI is InChI=1S/C19H13F3O2/c20-19(21,22)16-9-7-13(8-10-16)17(23)18(24)15-6-5-12-3-1-2-4-14(12)11-15/h1-11,18,24H. The molecule has 0 aliphatic carbocycles. The molecule has 2 nitrogen and oxygen atoms in total. The van der Waals surface area contributed by atoms with Gasteiger partial charge in [-0.1, -0.05) is 48.5 Å². The van der Waals surface area contributed by atoms with Crippen molar-refractivity contribution < 1.29 is 23.1 Å². The van der Waals surface area contributed by atoms with Crippen molar-refractivity contribution in [2.24, 2.45) is 0 Å². The van der Waals surface area contributed by atoms with Crippen LogP contribution in [0.5, 0.6) is 0 Å². The topological polar surface area (TPSA) is 37.3 Å². The Labute approximate surface area is 136 Å². The third-order valence-corrected chi connectivity index (χ3v) is 3.83. The summed E-state index contributed by atoms with van der Waals surface area (Å²) in [5, 5.41) is 12.1. The number of carbonyl (C=O) groups is 1. The number of benzene rings is 3. The Balaban J connectivity index is 1.88. The van der Waals surface area contributed by atoms with Crippen LogP contribution in [0.1, 0.15) is 27.6 Å². The molecule has 3 aromatic carbocycles. The lowest BCUT2D eigenvalue weighted by molar-refractivity contribution is -0.137. The predicted octanol–water partition coefficient (Wildman–Crippen LogP) is 4.77. The number of hydrogen-bond acceptors (Lipinski definition) is 2. The van der Waals surface area contributed by atoms with E-state index < -0.39 is 23.6 Å². The van der Waals surface area contributed by atoms with Gasteiger partial charge in [-0.25, -0.2) is 0 Å². The first-order valence-corrected chi connectivity index (χ1v) is 7.24. The van der Waals surface area contributed by atoms with E-state index in [0.717, 1.165) is 35.0 Å². The first-order chi connectivity index (χ1) is 11.4. The quantitative estimate of drug-likeness (QED) is 0.702. The van der Waals surface area contributed by atoms with Gasteiger partial charge in [0.25, 0.3) is 0 Å². The molecule has 0 spiro atoms.